The SMILES string of the molecule is O=C(CN1CCC(C(=O)NCc2ccccc2)CC1)Nc1ccccc1C(=O)c1ccccc1. The number of rotatable bonds is 8. The smallest absolute Gasteiger partial charge is 0.238 e. The van der Waals surface area contributed by atoms with Crippen LogP contribution >= 0.6 is 0 Å². The molecule has 3 aromatic rings. The van der Waals surface area contributed by atoms with Crippen molar-refractivity contribution in [1.29, 1.82) is 0 Å². The first-order chi connectivity index (χ1) is 16.6. The van der Waals surface area contributed by atoms with E-state index in [2.05, 4.69) is 15.5 Å². The molecule has 0 aliphatic carbocycles. The van der Waals surface area contributed by atoms with Gasteiger partial charge in [-0.05, 0) is 43.6 Å². The van der Waals surface area contributed by atoms with Crippen molar-refractivity contribution in [3.63, 3.8) is 0 Å². The number of carbonyl (C=O) groups excluding carboxylic acids is 3. The Morgan fingerprint density at radius 2 is 1.41 bits per heavy atom. The number of nitrogens with one attached hydrogen (secondary N) is 2. The Hall–Kier alpha value is -3.77. The Bertz CT molecular complexity index is 1120. The molecule has 6 nitrogen and oxygen atoms in total. The number of carbonyl (C=O) groups is 3. The van der Waals surface area contributed by atoms with Gasteiger partial charge in [-0.2, -0.15) is 0 Å². The van der Waals surface area contributed by atoms with Gasteiger partial charge in [0.25, 0.3) is 0 Å². The van der Waals surface area contributed by atoms with Crippen molar-refractivity contribution in [2.24, 2.45) is 5.92 Å². The van der Waals surface area contributed by atoms with Crippen molar-refractivity contribution in [1.82, 2.24) is 10.2 Å². The maximum Gasteiger partial charge on any atom is 0.238 e. The highest BCUT2D eigenvalue weighted by atomic mass is 16.2. The van der Waals surface area contributed by atoms with Gasteiger partial charge < -0.3 is 10.6 Å². The van der Waals surface area contributed by atoms with E-state index in [1.54, 1.807) is 36.4 Å². The highest BCUT2D eigenvalue weighted by Gasteiger charge is 2.26. The number of ketones is 1. The molecule has 1 fully saturated rings. The lowest BCUT2D eigenvalue weighted by Gasteiger charge is -2.30. The van der Waals surface area contributed by atoms with Crippen LogP contribution in [0.3, 0.4) is 0 Å². The van der Waals surface area contributed by atoms with Crippen LogP contribution < -0.4 is 10.6 Å². The zero-order valence-corrected chi connectivity index (χ0v) is 19.1. The minimum absolute atomic E-state index is 0.0350. The van der Waals surface area contributed by atoms with E-state index in [0.29, 0.717) is 36.4 Å². The third kappa shape index (κ3) is 6.17. The summed E-state index contributed by atoms with van der Waals surface area (Å²) >= 11 is 0. The van der Waals surface area contributed by atoms with Crippen molar-refractivity contribution in [2.45, 2.75) is 19.4 Å². The van der Waals surface area contributed by atoms with Gasteiger partial charge >= 0.3 is 0 Å². The number of benzene rings is 3. The summed E-state index contributed by atoms with van der Waals surface area (Å²) in [6.45, 7) is 2.12. The Morgan fingerprint density at radius 3 is 2.12 bits per heavy atom. The number of anilines is 1. The summed E-state index contributed by atoms with van der Waals surface area (Å²) in [6, 6.07) is 26.0. The first kappa shape index (κ1) is 23.4. The third-order valence-electron chi connectivity index (χ3n) is 6.12. The number of piperidine rings is 1. The number of hydrogen-bond acceptors (Lipinski definition) is 4. The standard InChI is InChI=1S/C28H29N3O3/c32-26(30-25-14-8-7-13-24(25)27(33)22-11-5-2-6-12-22)20-31-17-15-23(16-18-31)28(34)29-19-21-9-3-1-4-10-21/h1-14,23H,15-20H2,(H,29,34)(H,30,32). The summed E-state index contributed by atoms with van der Waals surface area (Å²) in [6.07, 6.45) is 1.44. The van der Waals surface area contributed by atoms with Crippen molar-refractivity contribution in [2.75, 3.05) is 25.0 Å². The molecule has 1 aliphatic heterocycles. The first-order valence-corrected chi connectivity index (χ1v) is 11.6. The van der Waals surface area contributed by atoms with Crippen molar-refractivity contribution >= 4 is 23.3 Å². The van der Waals surface area contributed by atoms with E-state index < -0.39 is 0 Å². The Balaban J connectivity index is 1.26. The average Bonchev–Trinajstić information content (AvgIpc) is 2.89. The van der Waals surface area contributed by atoms with Crippen LogP contribution in [0.1, 0.15) is 34.3 Å². The molecule has 1 aliphatic rings. The van der Waals surface area contributed by atoms with Gasteiger partial charge in [-0.1, -0.05) is 72.8 Å². The van der Waals surface area contributed by atoms with E-state index in [1.807, 2.05) is 48.5 Å². The number of nitrogens with zero attached hydrogens (tertiary/aromatic N) is 1. The summed E-state index contributed by atoms with van der Waals surface area (Å²) < 4.78 is 0. The number of hydrogen-bond donors (Lipinski definition) is 2. The van der Waals surface area contributed by atoms with Gasteiger partial charge in [0.2, 0.25) is 11.8 Å². The maximum absolute atomic E-state index is 12.9. The Kier molecular flexibility index (Phi) is 7.83. The largest absolute Gasteiger partial charge is 0.352 e. The predicted octanol–water partition coefficient (Wildman–Crippen LogP) is 3.88. The van der Waals surface area contributed by atoms with Crippen molar-refractivity contribution in [3.05, 3.63) is 102 Å². The number of amides is 2. The molecule has 174 valence electrons. The van der Waals surface area contributed by atoms with Crippen LogP contribution in [0.15, 0.2) is 84.9 Å². The molecule has 2 N–H and O–H groups in total. The van der Waals surface area contributed by atoms with Gasteiger partial charge in [-0.25, -0.2) is 0 Å². The van der Waals surface area contributed by atoms with Crippen LogP contribution in [0.2, 0.25) is 0 Å². The van der Waals surface area contributed by atoms with E-state index in [1.165, 1.54) is 0 Å². The Labute approximate surface area is 200 Å². The fourth-order valence-electron chi connectivity index (χ4n) is 4.21. The first-order valence-electron chi connectivity index (χ1n) is 11.6. The molecule has 0 radical (unpaired) electrons. The molecule has 1 saturated heterocycles. The molecular weight excluding hydrogens is 426 g/mol. The molecule has 2 amide bonds. The number of likely N-dealkylation sites (tertiary alicyclic amines) is 1. The second-order valence-electron chi connectivity index (χ2n) is 8.54. The minimum Gasteiger partial charge on any atom is -0.352 e. The predicted molar refractivity (Wildman–Crippen MR) is 132 cm³/mol. The quantitative estimate of drug-likeness (QED) is 0.505. The van der Waals surface area contributed by atoms with Crippen LogP contribution in [0, 0.1) is 5.92 Å². The second-order valence-corrected chi connectivity index (χ2v) is 8.54. The van der Waals surface area contributed by atoms with Gasteiger partial charge in [-0.3, -0.25) is 19.3 Å². The summed E-state index contributed by atoms with van der Waals surface area (Å²) in [7, 11) is 0. The molecule has 0 spiro atoms. The molecule has 1 heterocycles. The molecule has 6 heteroatoms. The lowest BCUT2D eigenvalue weighted by Crippen LogP contribution is -2.43. The molecule has 34 heavy (non-hydrogen) atoms. The van der Waals surface area contributed by atoms with Crippen molar-refractivity contribution < 1.29 is 14.4 Å². The maximum atomic E-state index is 12.9. The lowest BCUT2D eigenvalue weighted by molar-refractivity contribution is -0.126. The van der Waals surface area contributed by atoms with Gasteiger partial charge in [0.05, 0.1) is 12.2 Å². The van der Waals surface area contributed by atoms with Crippen LogP contribution in [0.25, 0.3) is 0 Å². The molecule has 0 unspecified atom stereocenters. The highest BCUT2D eigenvalue weighted by Crippen LogP contribution is 2.21. The summed E-state index contributed by atoms with van der Waals surface area (Å²) in [5, 5.41) is 5.92. The minimum atomic E-state index is -0.166. The second kappa shape index (κ2) is 11.4. The molecule has 0 saturated carbocycles. The van der Waals surface area contributed by atoms with E-state index in [4.69, 9.17) is 0 Å². The van der Waals surface area contributed by atoms with Gasteiger partial charge in [-0.15, -0.1) is 0 Å². The fourth-order valence-corrected chi connectivity index (χ4v) is 4.21. The Morgan fingerprint density at radius 1 is 0.794 bits per heavy atom. The summed E-state index contributed by atoms with van der Waals surface area (Å²) in [4.78, 5) is 40.2. The van der Waals surface area contributed by atoms with E-state index in [-0.39, 0.29) is 30.1 Å². The molecular formula is C28H29N3O3. The number of para-hydroxylation sites is 1. The summed E-state index contributed by atoms with van der Waals surface area (Å²) in [5.74, 6) is -0.257. The molecule has 0 atom stereocenters. The van der Waals surface area contributed by atoms with Crippen LogP contribution in [0.5, 0.6) is 0 Å². The van der Waals surface area contributed by atoms with E-state index in [9.17, 15) is 14.4 Å². The van der Waals surface area contributed by atoms with E-state index >= 15 is 0 Å². The molecule has 0 bridgehead atoms. The molecule has 3 aromatic carbocycles. The van der Waals surface area contributed by atoms with Gasteiger partial charge in [0, 0.05) is 23.6 Å². The van der Waals surface area contributed by atoms with E-state index in [0.717, 1.165) is 18.4 Å². The highest BCUT2D eigenvalue weighted by molar-refractivity contribution is 6.13. The normalized spacial score (nSPS) is 14.4. The lowest BCUT2D eigenvalue weighted by atomic mass is 9.96. The topological polar surface area (TPSA) is 78.5 Å². The zero-order chi connectivity index (χ0) is 23.8. The fraction of sp³-hybridized carbons (Fsp3) is 0.250. The van der Waals surface area contributed by atoms with Crippen LogP contribution in [-0.4, -0.2) is 42.1 Å². The van der Waals surface area contributed by atoms with Gasteiger partial charge in [0.15, 0.2) is 5.78 Å². The average molecular weight is 456 g/mol. The van der Waals surface area contributed by atoms with Crippen molar-refractivity contribution in [3.8, 4) is 0 Å². The van der Waals surface area contributed by atoms with Crippen LogP contribution in [-0.2, 0) is 16.1 Å². The zero-order valence-electron chi connectivity index (χ0n) is 19.1. The third-order valence-corrected chi connectivity index (χ3v) is 6.12. The monoisotopic (exact) mass is 455 g/mol. The van der Waals surface area contributed by atoms with Gasteiger partial charge in [0.1, 0.15) is 0 Å². The molecule has 4 rings (SSSR count). The molecule has 0 aromatic heterocycles. The summed E-state index contributed by atoms with van der Waals surface area (Å²) in [5.41, 5.74) is 2.64. The van der Waals surface area contributed by atoms with Crippen LogP contribution in [0.4, 0.5) is 5.69 Å².